The number of piperidine rings is 1. The van der Waals surface area contributed by atoms with Crippen molar-refractivity contribution in [2.45, 2.75) is 38.1 Å². The van der Waals surface area contributed by atoms with Gasteiger partial charge in [-0.3, -0.25) is 4.79 Å². The molecule has 0 spiro atoms. The fourth-order valence-electron chi connectivity index (χ4n) is 2.27. The van der Waals surface area contributed by atoms with Crippen LogP contribution in [-0.2, 0) is 4.79 Å². The van der Waals surface area contributed by atoms with Crippen LogP contribution in [0.25, 0.3) is 0 Å². The Bertz CT molecular complexity index is 468. The van der Waals surface area contributed by atoms with E-state index in [0.29, 0.717) is 12.1 Å². The minimum absolute atomic E-state index is 0.154. The molecule has 0 aliphatic carbocycles. The highest BCUT2D eigenvalue weighted by Gasteiger charge is 2.30. The zero-order chi connectivity index (χ0) is 15.3. The average Bonchev–Trinajstić information content (AvgIpc) is 2.40. The SMILES string of the molecule is O=C(CC1CCCCN1)Nc1ccc(OC(F)(F)F)cc1. The highest BCUT2D eigenvalue weighted by molar-refractivity contribution is 5.91. The van der Waals surface area contributed by atoms with Crippen molar-refractivity contribution in [3.05, 3.63) is 24.3 Å². The van der Waals surface area contributed by atoms with Gasteiger partial charge in [-0.15, -0.1) is 13.2 Å². The number of alkyl halides is 3. The van der Waals surface area contributed by atoms with Crippen LogP contribution in [0.2, 0.25) is 0 Å². The largest absolute Gasteiger partial charge is 0.573 e. The minimum atomic E-state index is -4.71. The van der Waals surface area contributed by atoms with Gasteiger partial charge in [0.15, 0.2) is 0 Å². The molecular formula is C14H17F3N2O2. The molecule has 116 valence electrons. The number of carbonyl (C=O) groups excluding carboxylic acids is 1. The molecule has 0 radical (unpaired) electrons. The van der Waals surface area contributed by atoms with Crippen LogP contribution >= 0.6 is 0 Å². The van der Waals surface area contributed by atoms with Crippen molar-refractivity contribution >= 4 is 11.6 Å². The predicted octanol–water partition coefficient (Wildman–Crippen LogP) is 3.06. The number of rotatable bonds is 4. The second kappa shape index (κ2) is 6.80. The molecule has 1 heterocycles. The van der Waals surface area contributed by atoms with Gasteiger partial charge in [0, 0.05) is 18.2 Å². The van der Waals surface area contributed by atoms with Crippen molar-refractivity contribution in [3.63, 3.8) is 0 Å². The Morgan fingerprint density at radius 3 is 2.57 bits per heavy atom. The molecular weight excluding hydrogens is 285 g/mol. The third-order valence-corrected chi connectivity index (χ3v) is 3.22. The summed E-state index contributed by atoms with van der Waals surface area (Å²) >= 11 is 0. The lowest BCUT2D eigenvalue weighted by Crippen LogP contribution is -2.36. The molecule has 1 fully saturated rings. The lowest BCUT2D eigenvalue weighted by molar-refractivity contribution is -0.274. The van der Waals surface area contributed by atoms with Gasteiger partial charge in [-0.1, -0.05) is 6.42 Å². The Hall–Kier alpha value is -1.76. The monoisotopic (exact) mass is 302 g/mol. The maximum atomic E-state index is 12.0. The van der Waals surface area contributed by atoms with Crippen molar-refractivity contribution in [2.24, 2.45) is 0 Å². The summed E-state index contributed by atoms with van der Waals surface area (Å²) in [6, 6.07) is 5.27. The number of hydrogen-bond donors (Lipinski definition) is 2. The predicted molar refractivity (Wildman–Crippen MR) is 72.0 cm³/mol. The molecule has 1 unspecified atom stereocenters. The molecule has 0 aromatic heterocycles. The standard InChI is InChI=1S/C14H17F3N2O2/c15-14(16,17)21-12-6-4-10(5-7-12)19-13(20)9-11-3-1-2-8-18-11/h4-7,11,18H,1-3,8-9H2,(H,19,20). The van der Waals surface area contributed by atoms with Gasteiger partial charge in [0.1, 0.15) is 5.75 Å². The lowest BCUT2D eigenvalue weighted by Gasteiger charge is -2.22. The Morgan fingerprint density at radius 1 is 1.29 bits per heavy atom. The molecule has 21 heavy (non-hydrogen) atoms. The molecule has 1 aliphatic rings. The third-order valence-electron chi connectivity index (χ3n) is 3.22. The van der Waals surface area contributed by atoms with E-state index in [-0.39, 0.29) is 17.7 Å². The van der Waals surface area contributed by atoms with Gasteiger partial charge in [-0.05, 0) is 43.7 Å². The molecule has 7 heteroatoms. The van der Waals surface area contributed by atoms with E-state index < -0.39 is 6.36 Å². The van der Waals surface area contributed by atoms with Crippen molar-refractivity contribution < 1.29 is 22.7 Å². The molecule has 2 rings (SSSR count). The number of anilines is 1. The molecule has 2 N–H and O–H groups in total. The van der Waals surface area contributed by atoms with E-state index in [0.717, 1.165) is 25.8 Å². The summed E-state index contributed by atoms with van der Waals surface area (Å²) < 4.78 is 39.8. The van der Waals surface area contributed by atoms with E-state index in [9.17, 15) is 18.0 Å². The molecule has 1 saturated heterocycles. The minimum Gasteiger partial charge on any atom is -0.406 e. The Kier molecular flexibility index (Phi) is 5.06. The third kappa shape index (κ3) is 5.63. The highest BCUT2D eigenvalue weighted by atomic mass is 19.4. The zero-order valence-corrected chi connectivity index (χ0v) is 11.4. The Balaban J connectivity index is 1.83. The van der Waals surface area contributed by atoms with Crippen LogP contribution in [0.5, 0.6) is 5.75 Å². The first-order valence-corrected chi connectivity index (χ1v) is 6.81. The van der Waals surface area contributed by atoms with E-state index >= 15 is 0 Å². The summed E-state index contributed by atoms with van der Waals surface area (Å²) in [7, 11) is 0. The van der Waals surface area contributed by atoms with Crippen molar-refractivity contribution in [3.8, 4) is 5.75 Å². The summed E-state index contributed by atoms with van der Waals surface area (Å²) in [4.78, 5) is 11.8. The number of amides is 1. The molecule has 4 nitrogen and oxygen atoms in total. The number of benzene rings is 1. The van der Waals surface area contributed by atoms with Crippen molar-refractivity contribution in [1.29, 1.82) is 0 Å². The zero-order valence-electron chi connectivity index (χ0n) is 11.4. The topological polar surface area (TPSA) is 50.4 Å². The van der Waals surface area contributed by atoms with Crippen LogP contribution in [-0.4, -0.2) is 24.9 Å². The molecule has 0 bridgehead atoms. The van der Waals surface area contributed by atoms with Crippen LogP contribution < -0.4 is 15.4 Å². The van der Waals surface area contributed by atoms with E-state index in [2.05, 4.69) is 15.4 Å². The van der Waals surface area contributed by atoms with Gasteiger partial charge < -0.3 is 15.4 Å². The van der Waals surface area contributed by atoms with E-state index in [1.54, 1.807) is 0 Å². The lowest BCUT2D eigenvalue weighted by atomic mass is 10.0. The first kappa shape index (κ1) is 15.6. The first-order chi connectivity index (χ1) is 9.92. The van der Waals surface area contributed by atoms with Gasteiger partial charge >= 0.3 is 6.36 Å². The van der Waals surface area contributed by atoms with Crippen molar-refractivity contribution in [1.82, 2.24) is 5.32 Å². The van der Waals surface area contributed by atoms with Gasteiger partial charge in [0.05, 0.1) is 0 Å². The quantitative estimate of drug-likeness (QED) is 0.899. The Morgan fingerprint density at radius 2 is 2.00 bits per heavy atom. The number of carbonyl (C=O) groups is 1. The van der Waals surface area contributed by atoms with Crippen LogP contribution in [0.3, 0.4) is 0 Å². The second-order valence-electron chi connectivity index (χ2n) is 4.97. The smallest absolute Gasteiger partial charge is 0.406 e. The fraction of sp³-hybridized carbons (Fsp3) is 0.500. The number of halogens is 3. The molecule has 1 aromatic rings. The van der Waals surface area contributed by atoms with Crippen LogP contribution in [0.4, 0.5) is 18.9 Å². The van der Waals surface area contributed by atoms with Gasteiger partial charge in [0.25, 0.3) is 0 Å². The molecule has 1 amide bonds. The maximum Gasteiger partial charge on any atom is 0.573 e. The summed E-state index contributed by atoms with van der Waals surface area (Å²) in [5.74, 6) is -0.465. The summed E-state index contributed by atoms with van der Waals surface area (Å²) in [5.41, 5.74) is 0.449. The normalized spacial score (nSPS) is 19.1. The fourth-order valence-corrected chi connectivity index (χ4v) is 2.27. The van der Waals surface area contributed by atoms with Crippen LogP contribution in [0.1, 0.15) is 25.7 Å². The van der Waals surface area contributed by atoms with Gasteiger partial charge in [-0.2, -0.15) is 0 Å². The molecule has 1 aromatic carbocycles. The molecule has 1 atom stereocenters. The highest BCUT2D eigenvalue weighted by Crippen LogP contribution is 2.24. The van der Waals surface area contributed by atoms with Crippen LogP contribution in [0, 0.1) is 0 Å². The first-order valence-electron chi connectivity index (χ1n) is 6.81. The van der Waals surface area contributed by atoms with Gasteiger partial charge in [0.2, 0.25) is 5.91 Å². The molecule has 0 saturated carbocycles. The van der Waals surface area contributed by atoms with E-state index in [4.69, 9.17) is 0 Å². The second-order valence-corrected chi connectivity index (χ2v) is 4.97. The number of hydrogen-bond acceptors (Lipinski definition) is 3. The van der Waals surface area contributed by atoms with Crippen LogP contribution in [0.15, 0.2) is 24.3 Å². The number of ether oxygens (including phenoxy) is 1. The Labute approximate surface area is 120 Å². The maximum absolute atomic E-state index is 12.0. The average molecular weight is 302 g/mol. The number of nitrogens with one attached hydrogen (secondary N) is 2. The van der Waals surface area contributed by atoms with Crippen molar-refractivity contribution in [2.75, 3.05) is 11.9 Å². The molecule has 1 aliphatic heterocycles. The summed E-state index contributed by atoms with van der Waals surface area (Å²) in [5, 5.41) is 5.93. The van der Waals surface area contributed by atoms with E-state index in [1.165, 1.54) is 24.3 Å². The van der Waals surface area contributed by atoms with E-state index in [1.807, 2.05) is 0 Å². The summed E-state index contributed by atoms with van der Waals surface area (Å²) in [6.07, 6.45) is -1.16. The summed E-state index contributed by atoms with van der Waals surface area (Å²) in [6.45, 7) is 0.918. The van der Waals surface area contributed by atoms with Gasteiger partial charge in [-0.25, -0.2) is 0 Å².